The van der Waals surface area contributed by atoms with E-state index in [9.17, 15) is 0 Å². The second-order valence-corrected chi connectivity index (χ2v) is 4.01. The van der Waals surface area contributed by atoms with Gasteiger partial charge in [-0.1, -0.05) is 64.1 Å². The van der Waals surface area contributed by atoms with Crippen LogP contribution in [0, 0.1) is 0 Å². The fourth-order valence-electron chi connectivity index (χ4n) is 1.53. The summed E-state index contributed by atoms with van der Waals surface area (Å²) in [5, 5.41) is 14.5. The molecule has 2 nitrogen and oxygen atoms in total. The Morgan fingerprint density at radius 3 is 2.53 bits per heavy atom. The molecule has 2 aromatic carbocycles. The molecule has 0 spiro atoms. The first-order valence-corrected chi connectivity index (χ1v) is 6.14. The Morgan fingerprint density at radius 2 is 1.87 bits per heavy atom. The molecule has 0 aliphatic carbocycles. The van der Waals surface area contributed by atoms with Gasteiger partial charge in [0.1, 0.15) is 0 Å². The molecule has 0 bridgehead atoms. The summed E-state index contributed by atoms with van der Waals surface area (Å²) < 4.78 is 0.701. The Labute approximate surface area is 102 Å². The minimum absolute atomic E-state index is 0.701. The summed E-state index contributed by atoms with van der Waals surface area (Å²) in [7, 11) is 0. The van der Waals surface area contributed by atoms with Gasteiger partial charge in [0.05, 0.1) is 5.71 Å². The van der Waals surface area contributed by atoms with Gasteiger partial charge in [-0.2, -0.15) is 0 Å². The lowest BCUT2D eigenvalue weighted by Crippen LogP contribution is -2.01. The zero-order valence-electron chi connectivity index (χ0n) is 8.02. The molecular weight excluding hydrogens is 301 g/mol. The summed E-state index contributed by atoms with van der Waals surface area (Å²) in [6.07, 6.45) is 0. The first kappa shape index (κ1) is 10.4. The number of halogens is 1. The molecule has 76 valence electrons. The standard InChI is InChI=1S/C12H10INO/c13-8-12(14-15)11-6-5-9-3-1-2-4-10(9)7-11/h1-7,15H,8H2/b14-12-. The number of hydrogen-bond donors (Lipinski definition) is 1. The van der Waals surface area contributed by atoms with Crippen molar-refractivity contribution < 1.29 is 5.21 Å². The summed E-state index contributed by atoms with van der Waals surface area (Å²) in [5.74, 6) is 0. The van der Waals surface area contributed by atoms with Crippen molar-refractivity contribution >= 4 is 39.1 Å². The Bertz CT molecular complexity index is 508. The van der Waals surface area contributed by atoms with Crippen molar-refractivity contribution in [2.45, 2.75) is 0 Å². The Kier molecular flexibility index (Phi) is 3.20. The zero-order chi connectivity index (χ0) is 10.7. The molecule has 15 heavy (non-hydrogen) atoms. The fourth-order valence-corrected chi connectivity index (χ4v) is 2.12. The lowest BCUT2D eigenvalue weighted by molar-refractivity contribution is 0.319. The highest BCUT2D eigenvalue weighted by Crippen LogP contribution is 2.16. The van der Waals surface area contributed by atoms with E-state index in [1.54, 1.807) is 0 Å². The van der Waals surface area contributed by atoms with Gasteiger partial charge in [0.15, 0.2) is 0 Å². The van der Waals surface area contributed by atoms with Crippen molar-refractivity contribution in [2.75, 3.05) is 4.43 Å². The fraction of sp³-hybridized carbons (Fsp3) is 0.0833. The average molecular weight is 311 g/mol. The maximum absolute atomic E-state index is 8.83. The van der Waals surface area contributed by atoms with Gasteiger partial charge in [-0.25, -0.2) is 0 Å². The first-order chi connectivity index (χ1) is 7.35. The number of nitrogens with zero attached hydrogens (tertiary/aromatic N) is 1. The molecule has 0 heterocycles. The third-order valence-corrected chi connectivity index (χ3v) is 3.05. The Morgan fingerprint density at radius 1 is 1.13 bits per heavy atom. The highest BCUT2D eigenvalue weighted by atomic mass is 127. The van der Waals surface area contributed by atoms with Gasteiger partial charge in [-0.15, -0.1) is 0 Å². The normalized spacial score (nSPS) is 11.9. The number of oxime groups is 1. The van der Waals surface area contributed by atoms with Gasteiger partial charge in [0.25, 0.3) is 0 Å². The zero-order valence-corrected chi connectivity index (χ0v) is 10.2. The van der Waals surface area contributed by atoms with Crippen molar-refractivity contribution in [1.82, 2.24) is 0 Å². The number of alkyl halides is 1. The van der Waals surface area contributed by atoms with E-state index >= 15 is 0 Å². The van der Waals surface area contributed by atoms with Crippen LogP contribution in [-0.4, -0.2) is 15.3 Å². The maximum Gasteiger partial charge on any atom is 0.0965 e. The SMILES string of the molecule is O/N=C(/CI)c1ccc2ccccc2c1. The van der Waals surface area contributed by atoms with Gasteiger partial charge < -0.3 is 5.21 Å². The topological polar surface area (TPSA) is 32.6 Å². The summed E-state index contributed by atoms with van der Waals surface area (Å²) in [5.41, 5.74) is 1.69. The molecule has 0 atom stereocenters. The van der Waals surface area contributed by atoms with Gasteiger partial charge in [0.2, 0.25) is 0 Å². The number of rotatable bonds is 2. The quantitative estimate of drug-likeness (QED) is 0.298. The molecule has 0 aliphatic heterocycles. The monoisotopic (exact) mass is 311 g/mol. The van der Waals surface area contributed by atoms with Crippen LogP contribution in [0.25, 0.3) is 10.8 Å². The highest BCUT2D eigenvalue weighted by Gasteiger charge is 2.02. The van der Waals surface area contributed by atoms with Crippen molar-refractivity contribution in [2.24, 2.45) is 5.16 Å². The molecule has 2 rings (SSSR count). The largest absolute Gasteiger partial charge is 0.411 e. The van der Waals surface area contributed by atoms with Gasteiger partial charge in [-0.3, -0.25) is 0 Å². The van der Waals surface area contributed by atoms with E-state index in [2.05, 4.69) is 39.9 Å². The van der Waals surface area contributed by atoms with Gasteiger partial charge in [-0.05, 0) is 16.8 Å². The van der Waals surface area contributed by atoms with Crippen LogP contribution in [0.1, 0.15) is 5.56 Å². The predicted octanol–water partition coefficient (Wildman–Crippen LogP) is 3.45. The van der Waals surface area contributed by atoms with Crippen LogP contribution in [-0.2, 0) is 0 Å². The van der Waals surface area contributed by atoms with E-state index in [1.165, 1.54) is 10.8 Å². The molecule has 0 unspecified atom stereocenters. The van der Waals surface area contributed by atoms with Crippen LogP contribution in [0.15, 0.2) is 47.6 Å². The summed E-state index contributed by atoms with van der Waals surface area (Å²) in [4.78, 5) is 0. The number of benzene rings is 2. The minimum atomic E-state index is 0.701. The predicted molar refractivity (Wildman–Crippen MR) is 71.2 cm³/mol. The van der Waals surface area contributed by atoms with E-state index < -0.39 is 0 Å². The molecule has 0 saturated heterocycles. The molecule has 1 N–H and O–H groups in total. The van der Waals surface area contributed by atoms with Gasteiger partial charge >= 0.3 is 0 Å². The van der Waals surface area contributed by atoms with E-state index in [0.29, 0.717) is 10.1 Å². The molecule has 3 heteroatoms. The van der Waals surface area contributed by atoms with Crippen molar-refractivity contribution in [3.05, 3.63) is 48.0 Å². The van der Waals surface area contributed by atoms with Crippen LogP contribution in [0.3, 0.4) is 0 Å². The Hall–Kier alpha value is -1.10. The molecule has 0 saturated carbocycles. The molecular formula is C12H10INO. The molecule has 2 aromatic rings. The van der Waals surface area contributed by atoms with Crippen LogP contribution >= 0.6 is 22.6 Å². The summed E-state index contributed by atoms with van der Waals surface area (Å²) in [6.45, 7) is 0. The van der Waals surface area contributed by atoms with Crippen LogP contribution in [0.4, 0.5) is 0 Å². The molecule has 0 fully saturated rings. The van der Waals surface area contributed by atoms with E-state index in [0.717, 1.165) is 5.56 Å². The third kappa shape index (κ3) is 2.12. The molecule has 0 aliphatic rings. The van der Waals surface area contributed by atoms with Crippen molar-refractivity contribution in [3.8, 4) is 0 Å². The van der Waals surface area contributed by atoms with Crippen LogP contribution in [0.5, 0.6) is 0 Å². The number of hydrogen-bond acceptors (Lipinski definition) is 2. The molecule has 0 radical (unpaired) electrons. The molecule has 0 aromatic heterocycles. The highest BCUT2D eigenvalue weighted by molar-refractivity contribution is 14.1. The van der Waals surface area contributed by atoms with E-state index in [4.69, 9.17) is 5.21 Å². The lowest BCUT2D eigenvalue weighted by atomic mass is 10.0. The van der Waals surface area contributed by atoms with Crippen molar-refractivity contribution in [3.63, 3.8) is 0 Å². The second kappa shape index (κ2) is 4.61. The smallest absolute Gasteiger partial charge is 0.0965 e. The average Bonchev–Trinajstić information content (AvgIpc) is 2.30. The summed E-state index contributed by atoms with van der Waals surface area (Å²) >= 11 is 2.19. The van der Waals surface area contributed by atoms with Crippen LogP contribution in [0.2, 0.25) is 0 Å². The number of fused-ring (bicyclic) bond motifs is 1. The lowest BCUT2D eigenvalue weighted by Gasteiger charge is -2.03. The van der Waals surface area contributed by atoms with Crippen LogP contribution < -0.4 is 0 Å². The first-order valence-electron chi connectivity index (χ1n) is 4.61. The minimum Gasteiger partial charge on any atom is -0.411 e. The second-order valence-electron chi connectivity index (χ2n) is 3.24. The van der Waals surface area contributed by atoms with E-state index in [1.807, 2.05) is 30.3 Å². The van der Waals surface area contributed by atoms with E-state index in [-0.39, 0.29) is 0 Å². The molecule has 0 amide bonds. The summed E-state index contributed by atoms with van der Waals surface area (Å²) in [6, 6.07) is 14.2. The van der Waals surface area contributed by atoms with Crippen molar-refractivity contribution in [1.29, 1.82) is 0 Å². The maximum atomic E-state index is 8.83. The Balaban J connectivity index is 2.56. The van der Waals surface area contributed by atoms with Gasteiger partial charge in [0, 0.05) is 9.99 Å². The third-order valence-electron chi connectivity index (χ3n) is 2.33.